The number of rotatable bonds is 9. The molecule has 63 heavy (non-hydrogen) atoms. The summed E-state index contributed by atoms with van der Waals surface area (Å²) < 4.78 is 27.6. The van der Waals surface area contributed by atoms with Gasteiger partial charge in [0.25, 0.3) is 0 Å². The van der Waals surface area contributed by atoms with Gasteiger partial charge in [0.15, 0.2) is 0 Å². The molecule has 0 aliphatic carbocycles. The second-order valence-corrected chi connectivity index (χ2v) is 11.2. The van der Waals surface area contributed by atoms with Gasteiger partial charge in [0.05, 0.1) is 38.5 Å². The summed E-state index contributed by atoms with van der Waals surface area (Å²) in [7, 11) is 0. The number of carbonyl (C=O) groups excluding carboxylic acids is 6. The summed E-state index contributed by atoms with van der Waals surface area (Å²) in [5, 5.41) is 48.1. The van der Waals surface area contributed by atoms with Crippen LogP contribution in [0.4, 0.5) is 0 Å². The Morgan fingerprint density at radius 3 is 0.746 bits per heavy atom. The Morgan fingerprint density at radius 2 is 0.603 bits per heavy atom. The van der Waals surface area contributed by atoms with E-state index in [0.717, 1.165) is 0 Å². The second kappa shape index (κ2) is 41.1. The first-order valence-corrected chi connectivity index (χ1v) is 16.6. The fourth-order valence-electron chi connectivity index (χ4n) is 3.01. The Morgan fingerprint density at radius 1 is 0.429 bits per heavy atom. The molecular weight excluding hydrogens is 897 g/mol. The van der Waals surface area contributed by atoms with Gasteiger partial charge in [0.1, 0.15) is 75.9 Å². The van der Waals surface area contributed by atoms with Gasteiger partial charge >= 0.3 is 160 Å². The fourth-order valence-corrected chi connectivity index (χ4v) is 3.01. The molecule has 0 spiro atoms. The number of esters is 6. The van der Waals surface area contributed by atoms with Crippen molar-refractivity contribution in [1.29, 1.82) is 0 Å². The quantitative estimate of drug-likeness (QED) is 0.0580. The van der Waals surface area contributed by atoms with Gasteiger partial charge in [-0.3, -0.25) is 57.5 Å². The van der Waals surface area contributed by atoms with Gasteiger partial charge in [-0.1, -0.05) is 0 Å². The van der Waals surface area contributed by atoms with E-state index in [-0.39, 0.29) is 152 Å². The molecule has 0 saturated carbocycles. The first kappa shape index (κ1) is 71.0. The Kier molecular flexibility index (Phi) is 46.4. The summed E-state index contributed by atoms with van der Waals surface area (Å²) in [4.78, 5) is 123. The maximum absolute atomic E-state index is 10.8. The SMILES string of the molecule is NC(CC(=O)O)C(=O)O.NC(CC(=O)O)C(=O)O.NC(CC(=O)O)C(=O)O.NC1CC(=O)OCCOC1=O.N[C@H]1CC(=O)OCCOC1=O.N[C@H]1CC(=O)OCCOC1=O.[H-].[H-].[H-].[Na+].[Na+].[Na+]. The van der Waals surface area contributed by atoms with Crippen molar-refractivity contribution in [3.8, 4) is 0 Å². The van der Waals surface area contributed by atoms with Crippen molar-refractivity contribution in [2.45, 2.75) is 74.8 Å². The van der Waals surface area contributed by atoms with Crippen LogP contribution in [0.5, 0.6) is 0 Å². The van der Waals surface area contributed by atoms with Crippen LogP contribution in [0.2, 0.25) is 0 Å². The van der Waals surface area contributed by atoms with Gasteiger partial charge < -0.3 is 97.7 Å². The van der Waals surface area contributed by atoms with Gasteiger partial charge in [-0.15, -0.1) is 0 Å². The van der Waals surface area contributed by atoms with Crippen LogP contribution in [0.3, 0.4) is 0 Å². The molecule has 4 unspecified atom stereocenters. The van der Waals surface area contributed by atoms with Crippen molar-refractivity contribution >= 4 is 71.6 Å². The standard InChI is InChI=1S/3C6H9NO4.3C4H7NO4.3Na.3H/c3*7-4-3-5(8)10-1-2-11-6(4)9;3*5-2(4(8)9)1-3(6)7;;;;;;/h3*4H,1-3,7H2;3*2H,1,5H2,(H,6,7)(H,8,9);;;;;;/q;;;;;;3*+1;3*-1/t2*4-;;;;;;;;;;/m00........../s1. The van der Waals surface area contributed by atoms with Crippen molar-refractivity contribution in [1.82, 2.24) is 0 Å². The third-order valence-electron chi connectivity index (χ3n) is 5.98. The summed E-state index contributed by atoms with van der Waals surface area (Å²) in [5.74, 6) is -10.5. The largest absolute Gasteiger partial charge is 1.00 e. The van der Waals surface area contributed by atoms with E-state index in [0.29, 0.717) is 0 Å². The molecule has 18 N–H and O–H groups in total. The smallest absolute Gasteiger partial charge is 1.00 e. The molecule has 3 fully saturated rings. The molecule has 0 aromatic carbocycles. The molecule has 0 amide bonds. The Labute approximate surface area is 426 Å². The van der Waals surface area contributed by atoms with Gasteiger partial charge in [-0.25, -0.2) is 0 Å². The molecule has 0 aromatic heterocycles. The van der Waals surface area contributed by atoms with Crippen LogP contribution in [0, 0.1) is 0 Å². The number of nitrogens with two attached hydrogens (primary N) is 6. The third kappa shape index (κ3) is 43.4. The van der Waals surface area contributed by atoms with Gasteiger partial charge in [-0.05, 0) is 0 Å². The molecule has 0 aromatic rings. The minimum atomic E-state index is -1.29. The maximum atomic E-state index is 10.8. The number of cyclic esters (lactones) is 6. The van der Waals surface area contributed by atoms with Crippen LogP contribution >= 0.6 is 0 Å². The van der Waals surface area contributed by atoms with E-state index in [1.54, 1.807) is 0 Å². The summed E-state index contributed by atoms with van der Waals surface area (Å²) in [6.07, 6.45) is -1.89. The van der Waals surface area contributed by atoms with Crippen molar-refractivity contribution in [3.63, 3.8) is 0 Å². The van der Waals surface area contributed by atoms with Crippen molar-refractivity contribution < 1.29 is 210 Å². The van der Waals surface area contributed by atoms with Crippen molar-refractivity contribution in [2.75, 3.05) is 39.6 Å². The molecule has 3 aliphatic heterocycles. The predicted octanol–water partition coefficient (Wildman–Crippen LogP) is -15.6. The summed E-state index contributed by atoms with van der Waals surface area (Å²) in [5.41, 5.74) is 30.3. The van der Waals surface area contributed by atoms with E-state index >= 15 is 0 Å². The Bertz CT molecular complexity index is 1360. The third-order valence-corrected chi connectivity index (χ3v) is 5.98. The molecule has 30 nitrogen and oxygen atoms in total. The fraction of sp³-hybridized carbons (Fsp3) is 0.600. The number of aliphatic carboxylic acids is 6. The van der Waals surface area contributed by atoms with E-state index in [2.05, 4.69) is 28.4 Å². The number of carboxylic acids is 6. The molecule has 3 heterocycles. The topological polar surface area (TPSA) is 538 Å². The van der Waals surface area contributed by atoms with E-state index < -0.39 is 127 Å². The zero-order valence-electron chi connectivity index (χ0n) is 37.4. The molecule has 0 radical (unpaired) electrons. The number of ether oxygens (including phenoxy) is 6. The van der Waals surface area contributed by atoms with E-state index in [1.165, 1.54) is 0 Å². The average Bonchev–Trinajstić information content (AvgIpc) is 3.12. The monoisotopic (exact) mass is 948 g/mol. The van der Waals surface area contributed by atoms with Crippen LogP contribution in [-0.2, 0) is 86.0 Å². The van der Waals surface area contributed by atoms with Crippen molar-refractivity contribution in [2.24, 2.45) is 34.4 Å². The number of carbonyl (C=O) groups is 12. The zero-order chi connectivity index (χ0) is 47.1. The Balaban J connectivity index is -0.0000000831. The minimum absolute atomic E-state index is 0. The van der Waals surface area contributed by atoms with E-state index in [1.807, 2.05) is 0 Å². The minimum Gasteiger partial charge on any atom is -1.00 e. The molecule has 33 heteroatoms. The van der Waals surface area contributed by atoms with E-state index in [9.17, 15) is 57.5 Å². The normalized spacial score (nSPS) is 19.2. The first-order chi connectivity index (χ1) is 27.7. The molecular formula is C30H51N6Na3O24. The van der Waals surface area contributed by atoms with Gasteiger partial charge in [0, 0.05) is 0 Å². The summed E-state index contributed by atoms with van der Waals surface area (Å²) in [6.45, 7) is 0.653. The van der Waals surface area contributed by atoms with E-state index in [4.69, 9.17) is 65.0 Å². The van der Waals surface area contributed by atoms with Gasteiger partial charge in [-0.2, -0.15) is 0 Å². The van der Waals surface area contributed by atoms with Crippen molar-refractivity contribution in [3.05, 3.63) is 0 Å². The molecule has 348 valence electrons. The Hall–Kier alpha value is -3.60. The van der Waals surface area contributed by atoms with Crippen LogP contribution < -0.4 is 123 Å². The number of hydrogen-bond donors (Lipinski definition) is 12. The zero-order valence-corrected chi connectivity index (χ0v) is 40.4. The molecule has 3 aliphatic rings. The number of carboxylic acid groups (broad SMARTS) is 6. The molecule has 3 saturated heterocycles. The van der Waals surface area contributed by atoms with Gasteiger partial charge in [0.2, 0.25) is 0 Å². The maximum Gasteiger partial charge on any atom is 1.00 e. The first-order valence-electron chi connectivity index (χ1n) is 16.6. The summed E-state index contributed by atoms with van der Waals surface area (Å²) in [6, 6.07) is -6.49. The van der Waals surface area contributed by atoms with Crippen LogP contribution in [-0.4, -0.2) is 178 Å². The molecule has 6 atom stereocenters. The van der Waals surface area contributed by atoms with Crippen LogP contribution in [0.25, 0.3) is 0 Å². The summed E-state index contributed by atoms with van der Waals surface area (Å²) >= 11 is 0. The number of hydrogen-bond acceptors (Lipinski definition) is 24. The van der Waals surface area contributed by atoms with Crippen LogP contribution in [0.1, 0.15) is 42.8 Å². The van der Waals surface area contributed by atoms with Crippen LogP contribution in [0.15, 0.2) is 0 Å². The molecule has 3 rings (SSSR count). The second-order valence-electron chi connectivity index (χ2n) is 11.2. The predicted molar refractivity (Wildman–Crippen MR) is 190 cm³/mol. The molecule has 0 bridgehead atoms. The average molecular weight is 949 g/mol.